The van der Waals surface area contributed by atoms with E-state index < -0.39 is 5.60 Å². The zero-order valence-corrected chi connectivity index (χ0v) is 11.1. The number of aliphatic hydroxyl groups is 1. The maximum absolute atomic E-state index is 10.7. The molecule has 2 aliphatic rings. The number of halogens is 1. The molecule has 0 heterocycles. The minimum Gasteiger partial charge on any atom is -0.384 e. The molecular formula is C14H17BrO. The molecule has 2 atom stereocenters. The summed E-state index contributed by atoms with van der Waals surface area (Å²) in [5.74, 6) is 0. The van der Waals surface area contributed by atoms with Gasteiger partial charge in [-0.25, -0.2) is 0 Å². The molecule has 0 amide bonds. The molecule has 1 aromatic carbocycles. The van der Waals surface area contributed by atoms with Crippen molar-refractivity contribution in [1.29, 1.82) is 0 Å². The Morgan fingerprint density at radius 3 is 2.38 bits per heavy atom. The molecule has 0 aromatic heterocycles. The molecular weight excluding hydrogens is 264 g/mol. The molecule has 0 saturated heterocycles. The molecule has 1 aromatic rings. The Hall–Kier alpha value is -0.340. The molecule has 16 heavy (non-hydrogen) atoms. The van der Waals surface area contributed by atoms with E-state index in [1.807, 2.05) is 13.0 Å². The van der Waals surface area contributed by atoms with Crippen LogP contribution >= 0.6 is 15.9 Å². The van der Waals surface area contributed by atoms with Crippen molar-refractivity contribution in [3.63, 3.8) is 0 Å². The zero-order chi connectivity index (χ0) is 11.4. The first-order valence-electron chi connectivity index (χ1n) is 6.05. The lowest BCUT2D eigenvalue weighted by Gasteiger charge is -2.33. The van der Waals surface area contributed by atoms with Crippen molar-refractivity contribution in [2.75, 3.05) is 0 Å². The molecule has 2 heteroatoms. The van der Waals surface area contributed by atoms with Crippen molar-refractivity contribution in [3.05, 3.63) is 35.4 Å². The Labute approximate surface area is 105 Å². The molecule has 1 fully saturated rings. The van der Waals surface area contributed by atoms with Crippen LogP contribution in [0.5, 0.6) is 0 Å². The van der Waals surface area contributed by atoms with Crippen molar-refractivity contribution in [3.8, 4) is 0 Å². The van der Waals surface area contributed by atoms with Gasteiger partial charge in [0.1, 0.15) is 5.60 Å². The minimum atomic E-state index is -0.721. The number of benzene rings is 1. The number of fused-ring (bicyclic) bond motifs is 2. The second-order valence-electron chi connectivity index (χ2n) is 5.42. The van der Waals surface area contributed by atoms with Crippen LogP contribution in [0.25, 0.3) is 0 Å². The fraction of sp³-hybridized carbons (Fsp3) is 0.571. The lowest BCUT2D eigenvalue weighted by Crippen LogP contribution is -2.38. The highest BCUT2D eigenvalue weighted by molar-refractivity contribution is 9.09. The molecule has 2 unspecified atom stereocenters. The third kappa shape index (κ3) is 1.15. The predicted molar refractivity (Wildman–Crippen MR) is 68.9 cm³/mol. The third-order valence-electron chi connectivity index (χ3n) is 4.48. The van der Waals surface area contributed by atoms with Crippen LogP contribution in [0.15, 0.2) is 24.3 Å². The number of hydrogen-bond donors (Lipinski definition) is 1. The molecule has 3 rings (SSSR count). The Morgan fingerprint density at radius 2 is 1.75 bits per heavy atom. The first-order valence-corrected chi connectivity index (χ1v) is 6.97. The van der Waals surface area contributed by atoms with Gasteiger partial charge in [-0.15, -0.1) is 0 Å². The Balaban J connectivity index is 2.23. The molecule has 86 valence electrons. The van der Waals surface area contributed by atoms with E-state index in [0.29, 0.717) is 0 Å². The van der Waals surface area contributed by atoms with E-state index in [4.69, 9.17) is 0 Å². The van der Waals surface area contributed by atoms with E-state index in [1.54, 1.807) is 0 Å². The van der Waals surface area contributed by atoms with Gasteiger partial charge in [0.25, 0.3) is 0 Å². The molecule has 1 saturated carbocycles. The molecule has 0 bridgehead atoms. The van der Waals surface area contributed by atoms with Gasteiger partial charge in [-0.1, -0.05) is 53.0 Å². The third-order valence-corrected chi connectivity index (χ3v) is 6.25. The van der Waals surface area contributed by atoms with Crippen LogP contribution in [0.1, 0.15) is 43.7 Å². The standard InChI is InChI=1S/C14H17BrO/c1-13(16)10-6-2-3-7-11(10)14(12(13)15)8-4-5-9-14/h2-3,6-7,12,16H,4-5,8-9H2,1H3. The number of alkyl halides is 1. The van der Waals surface area contributed by atoms with Crippen molar-refractivity contribution >= 4 is 15.9 Å². The summed E-state index contributed by atoms with van der Waals surface area (Å²) in [6.07, 6.45) is 4.98. The average Bonchev–Trinajstić information content (AvgIpc) is 2.82. The van der Waals surface area contributed by atoms with Gasteiger partial charge in [0.2, 0.25) is 0 Å². The topological polar surface area (TPSA) is 20.2 Å². The minimum absolute atomic E-state index is 0.160. The van der Waals surface area contributed by atoms with E-state index in [-0.39, 0.29) is 10.2 Å². The number of rotatable bonds is 0. The lowest BCUT2D eigenvalue weighted by molar-refractivity contribution is 0.0515. The largest absolute Gasteiger partial charge is 0.384 e. The first-order chi connectivity index (χ1) is 7.59. The van der Waals surface area contributed by atoms with Gasteiger partial charge < -0.3 is 5.11 Å². The normalized spacial score (nSPS) is 35.6. The summed E-state index contributed by atoms with van der Waals surface area (Å²) < 4.78 is 0. The van der Waals surface area contributed by atoms with E-state index >= 15 is 0 Å². The fourth-order valence-corrected chi connectivity index (χ4v) is 4.65. The van der Waals surface area contributed by atoms with Gasteiger partial charge in [-0.2, -0.15) is 0 Å². The summed E-state index contributed by atoms with van der Waals surface area (Å²) in [7, 11) is 0. The van der Waals surface area contributed by atoms with Crippen molar-refractivity contribution < 1.29 is 5.11 Å². The molecule has 1 spiro atoms. The molecule has 0 aliphatic heterocycles. The van der Waals surface area contributed by atoms with Crippen molar-refractivity contribution in [2.45, 2.75) is 48.5 Å². The quantitative estimate of drug-likeness (QED) is 0.722. The summed E-state index contributed by atoms with van der Waals surface area (Å²) in [5.41, 5.74) is 1.96. The predicted octanol–water partition coefficient (Wildman–Crippen LogP) is 3.48. The summed E-state index contributed by atoms with van der Waals surface area (Å²) in [6, 6.07) is 8.41. The lowest BCUT2D eigenvalue weighted by atomic mass is 9.79. The summed E-state index contributed by atoms with van der Waals surface area (Å²) in [6.45, 7) is 1.94. The van der Waals surface area contributed by atoms with Gasteiger partial charge in [0, 0.05) is 5.41 Å². The Morgan fingerprint density at radius 1 is 1.19 bits per heavy atom. The van der Waals surface area contributed by atoms with E-state index in [9.17, 15) is 5.11 Å². The summed E-state index contributed by atoms with van der Waals surface area (Å²) in [5, 5.41) is 10.7. The number of hydrogen-bond acceptors (Lipinski definition) is 1. The molecule has 1 N–H and O–H groups in total. The van der Waals surface area contributed by atoms with Gasteiger partial charge in [0.05, 0.1) is 4.83 Å². The van der Waals surface area contributed by atoms with Crippen LogP contribution in [-0.4, -0.2) is 9.93 Å². The van der Waals surface area contributed by atoms with Crippen LogP contribution in [-0.2, 0) is 11.0 Å². The molecule has 0 radical (unpaired) electrons. The summed E-state index contributed by atoms with van der Waals surface area (Å²) >= 11 is 3.77. The highest BCUT2D eigenvalue weighted by Gasteiger charge is 2.56. The second kappa shape index (κ2) is 3.33. The fourth-order valence-electron chi connectivity index (χ4n) is 3.70. The first kappa shape index (κ1) is 10.8. The van der Waals surface area contributed by atoms with Gasteiger partial charge in [-0.05, 0) is 30.9 Å². The van der Waals surface area contributed by atoms with Crippen LogP contribution in [0.2, 0.25) is 0 Å². The Bertz CT molecular complexity index is 418. The summed E-state index contributed by atoms with van der Waals surface area (Å²) in [4.78, 5) is 0.160. The van der Waals surface area contributed by atoms with Gasteiger partial charge in [0.15, 0.2) is 0 Å². The van der Waals surface area contributed by atoms with E-state index in [0.717, 1.165) is 5.56 Å². The molecule has 1 nitrogen and oxygen atoms in total. The monoisotopic (exact) mass is 280 g/mol. The smallest absolute Gasteiger partial charge is 0.100 e. The van der Waals surface area contributed by atoms with E-state index in [2.05, 4.69) is 34.1 Å². The van der Waals surface area contributed by atoms with Gasteiger partial charge >= 0.3 is 0 Å². The average molecular weight is 281 g/mol. The SMILES string of the molecule is CC1(O)c2ccccc2C2(CCCC2)C1Br. The zero-order valence-electron chi connectivity index (χ0n) is 9.54. The van der Waals surface area contributed by atoms with E-state index in [1.165, 1.54) is 31.2 Å². The van der Waals surface area contributed by atoms with Crippen LogP contribution in [0.4, 0.5) is 0 Å². The Kier molecular flexibility index (Phi) is 2.25. The maximum Gasteiger partial charge on any atom is 0.100 e. The second-order valence-corrected chi connectivity index (χ2v) is 6.33. The maximum atomic E-state index is 10.7. The van der Waals surface area contributed by atoms with Gasteiger partial charge in [-0.3, -0.25) is 0 Å². The molecule has 2 aliphatic carbocycles. The van der Waals surface area contributed by atoms with Crippen molar-refractivity contribution in [1.82, 2.24) is 0 Å². The highest BCUT2D eigenvalue weighted by atomic mass is 79.9. The van der Waals surface area contributed by atoms with Crippen LogP contribution in [0.3, 0.4) is 0 Å². The van der Waals surface area contributed by atoms with Crippen LogP contribution in [0, 0.1) is 0 Å². The van der Waals surface area contributed by atoms with Crippen LogP contribution < -0.4 is 0 Å². The van der Waals surface area contributed by atoms with Crippen molar-refractivity contribution in [2.24, 2.45) is 0 Å². The highest BCUT2D eigenvalue weighted by Crippen LogP contribution is 2.58.